The van der Waals surface area contributed by atoms with Gasteiger partial charge in [-0.1, -0.05) is 61.2 Å². The summed E-state index contributed by atoms with van der Waals surface area (Å²) in [4.78, 5) is 12.7. The van der Waals surface area contributed by atoms with Crippen LogP contribution in [0.25, 0.3) is 6.08 Å². The second-order valence-electron chi connectivity index (χ2n) is 6.32. The van der Waals surface area contributed by atoms with E-state index in [9.17, 15) is 4.79 Å². The standard InChI is InChI=1S/C24H26O4/c1-5-10-20-13-14-21(22(18-20)26-4)28-24(3,23(25)27-17-6-2)16-15-19-11-8-7-9-12-19/h5-9,11-16,18H,1-2,10,17H2,3-4H3. The number of esters is 1. The SMILES string of the molecule is C=CCOC(=O)C(C)(C=Cc1ccccc1)Oc1ccc(CC=C)cc1OC. The molecule has 0 bridgehead atoms. The van der Waals surface area contributed by atoms with Crippen LogP contribution in [0.1, 0.15) is 18.1 Å². The molecular formula is C24H26O4. The fraction of sp³-hybridized carbons (Fsp3) is 0.208. The van der Waals surface area contributed by atoms with Crippen molar-refractivity contribution in [2.24, 2.45) is 0 Å². The van der Waals surface area contributed by atoms with E-state index in [0.29, 0.717) is 17.9 Å². The van der Waals surface area contributed by atoms with Gasteiger partial charge >= 0.3 is 5.97 Å². The van der Waals surface area contributed by atoms with E-state index in [0.717, 1.165) is 11.1 Å². The predicted molar refractivity (Wildman–Crippen MR) is 113 cm³/mol. The number of ether oxygens (including phenoxy) is 3. The Labute approximate surface area is 166 Å². The zero-order valence-corrected chi connectivity index (χ0v) is 16.4. The average molecular weight is 378 g/mol. The van der Waals surface area contributed by atoms with E-state index in [1.807, 2.05) is 54.6 Å². The molecule has 0 saturated carbocycles. The third-order valence-electron chi connectivity index (χ3n) is 4.06. The Hall–Kier alpha value is -3.27. The van der Waals surface area contributed by atoms with Gasteiger partial charge in [-0.15, -0.1) is 6.58 Å². The zero-order chi connectivity index (χ0) is 20.4. The van der Waals surface area contributed by atoms with E-state index in [4.69, 9.17) is 14.2 Å². The van der Waals surface area contributed by atoms with Crippen LogP contribution in [-0.4, -0.2) is 25.3 Å². The first-order valence-corrected chi connectivity index (χ1v) is 9.01. The van der Waals surface area contributed by atoms with Crippen LogP contribution < -0.4 is 9.47 Å². The van der Waals surface area contributed by atoms with Crippen molar-refractivity contribution in [3.63, 3.8) is 0 Å². The number of hydrogen-bond acceptors (Lipinski definition) is 4. The van der Waals surface area contributed by atoms with Gasteiger partial charge in [0.15, 0.2) is 11.5 Å². The molecule has 28 heavy (non-hydrogen) atoms. The number of carbonyl (C=O) groups is 1. The quantitative estimate of drug-likeness (QED) is 0.431. The van der Waals surface area contributed by atoms with Crippen molar-refractivity contribution in [3.8, 4) is 11.5 Å². The second kappa shape index (κ2) is 10.2. The molecule has 1 unspecified atom stereocenters. The highest BCUT2D eigenvalue weighted by atomic mass is 16.6. The summed E-state index contributed by atoms with van der Waals surface area (Å²) in [5.74, 6) is 0.470. The highest BCUT2D eigenvalue weighted by Gasteiger charge is 2.35. The van der Waals surface area contributed by atoms with Gasteiger partial charge in [-0.2, -0.15) is 0 Å². The Balaban J connectivity index is 2.36. The molecule has 0 heterocycles. The maximum Gasteiger partial charge on any atom is 0.354 e. The van der Waals surface area contributed by atoms with Gasteiger partial charge in [0.1, 0.15) is 6.61 Å². The lowest BCUT2D eigenvalue weighted by atomic mass is 10.0. The molecule has 4 heteroatoms. The Morgan fingerprint density at radius 1 is 1.07 bits per heavy atom. The van der Waals surface area contributed by atoms with Crippen molar-refractivity contribution in [3.05, 3.63) is 91.0 Å². The highest BCUT2D eigenvalue weighted by molar-refractivity contribution is 5.83. The van der Waals surface area contributed by atoms with Crippen LogP contribution in [-0.2, 0) is 16.0 Å². The van der Waals surface area contributed by atoms with Gasteiger partial charge in [0.25, 0.3) is 0 Å². The van der Waals surface area contributed by atoms with Crippen molar-refractivity contribution < 1.29 is 19.0 Å². The smallest absolute Gasteiger partial charge is 0.354 e. The van der Waals surface area contributed by atoms with E-state index in [2.05, 4.69) is 13.2 Å². The molecule has 4 nitrogen and oxygen atoms in total. The molecule has 0 fully saturated rings. The fourth-order valence-corrected chi connectivity index (χ4v) is 2.56. The first kappa shape index (κ1) is 21.0. The lowest BCUT2D eigenvalue weighted by Crippen LogP contribution is -2.41. The number of allylic oxidation sites excluding steroid dienone is 1. The summed E-state index contributed by atoms with van der Waals surface area (Å²) in [6.45, 7) is 9.10. The number of rotatable bonds is 10. The lowest BCUT2D eigenvalue weighted by molar-refractivity contribution is -0.155. The first-order chi connectivity index (χ1) is 13.5. The van der Waals surface area contributed by atoms with Crippen molar-refractivity contribution in [2.75, 3.05) is 13.7 Å². The average Bonchev–Trinajstić information content (AvgIpc) is 2.72. The number of benzene rings is 2. The van der Waals surface area contributed by atoms with Gasteiger partial charge in [0, 0.05) is 0 Å². The number of carbonyl (C=O) groups excluding carboxylic acids is 1. The molecule has 0 spiro atoms. The zero-order valence-electron chi connectivity index (χ0n) is 16.4. The summed E-state index contributed by atoms with van der Waals surface area (Å²) in [5, 5.41) is 0. The molecule has 0 N–H and O–H groups in total. The van der Waals surface area contributed by atoms with E-state index in [-0.39, 0.29) is 6.61 Å². The van der Waals surface area contributed by atoms with E-state index in [1.165, 1.54) is 6.08 Å². The van der Waals surface area contributed by atoms with Crippen molar-refractivity contribution >= 4 is 12.0 Å². The third kappa shape index (κ3) is 5.61. The second-order valence-corrected chi connectivity index (χ2v) is 6.32. The predicted octanol–water partition coefficient (Wildman–Crippen LogP) is 5.00. The van der Waals surface area contributed by atoms with Gasteiger partial charge in [-0.25, -0.2) is 4.79 Å². The molecule has 0 aliphatic rings. The third-order valence-corrected chi connectivity index (χ3v) is 4.06. The Bertz CT molecular complexity index is 839. The minimum Gasteiger partial charge on any atom is -0.493 e. The molecule has 0 radical (unpaired) electrons. The van der Waals surface area contributed by atoms with E-state index in [1.54, 1.807) is 26.2 Å². The topological polar surface area (TPSA) is 44.8 Å². The van der Waals surface area contributed by atoms with E-state index >= 15 is 0 Å². The number of hydrogen-bond donors (Lipinski definition) is 0. The van der Waals surface area contributed by atoms with Crippen LogP contribution in [0.3, 0.4) is 0 Å². The molecular weight excluding hydrogens is 352 g/mol. The Morgan fingerprint density at radius 2 is 1.82 bits per heavy atom. The molecule has 2 rings (SSSR count). The summed E-state index contributed by atoms with van der Waals surface area (Å²) in [6.07, 6.45) is 7.56. The summed E-state index contributed by atoms with van der Waals surface area (Å²) in [5.41, 5.74) is 0.642. The molecule has 0 aliphatic carbocycles. The molecule has 0 aliphatic heterocycles. The lowest BCUT2D eigenvalue weighted by Gasteiger charge is -2.26. The van der Waals surface area contributed by atoms with Crippen LogP contribution in [0.15, 0.2) is 79.9 Å². The molecule has 2 aromatic rings. The maximum atomic E-state index is 12.7. The van der Waals surface area contributed by atoms with Gasteiger partial charge < -0.3 is 14.2 Å². The Kier molecular flexibility index (Phi) is 7.64. The fourth-order valence-electron chi connectivity index (χ4n) is 2.56. The summed E-state index contributed by atoms with van der Waals surface area (Å²) >= 11 is 0. The Morgan fingerprint density at radius 3 is 2.46 bits per heavy atom. The summed E-state index contributed by atoms with van der Waals surface area (Å²) < 4.78 is 16.8. The monoisotopic (exact) mass is 378 g/mol. The van der Waals surface area contributed by atoms with Gasteiger partial charge in [-0.05, 0) is 42.7 Å². The van der Waals surface area contributed by atoms with Crippen LogP contribution in [0.2, 0.25) is 0 Å². The van der Waals surface area contributed by atoms with Gasteiger partial charge in [-0.3, -0.25) is 0 Å². The molecule has 0 amide bonds. The number of methoxy groups -OCH3 is 1. The minimum atomic E-state index is -1.34. The molecule has 0 saturated heterocycles. The van der Waals surface area contributed by atoms with Crippen molar-refractivity contribution in [2.45, 2.75) is 18.9 Å². The van der Waals surface area contributed by atoms with E-state index < -0.39 is 11.6 Å². The van der Waals surface area contributed by atoms with Crippen molar-refractivity contribution in [1.82, 2.24) is 0 Å². The summed E-state index contributed by atoms with van der Waals surface area (Å²) in [7, 11) is 1.56. The minimum absolute atomic E-state index is 0.104. The summed E-state index contributed by atoms with van der Waals surface area (Å²) in [6, 6.07) is 15.2. The van der Waals surface area contributed by atoms with Gasteiger partial charge in [0.2, 0.25) is 5.60 Å². The largest absolute Gasteiger partial charge is 0.493 e. The molecule has 0 aromatic heterocycles. The van der Waals surface area contributed by atoms with Crippen molar-refractivity contribution in [1.29, 1.82) is 0 Å². The highest BCUT2D eigenvalue weighted by Crippen LogP contribution is 2.32. The normalized spacial score (nSPS) is 12.8. The first-order valence-electron chi connectivity index (χ1n) is 9.01. The van der Waals surface area contributed by atoms with Crippen LogP contribution in [0.4, 0.5) is 0 Å². The molecule has 146 valence electrons. The maximum absolute atomic E-state index is 12.7. The van der Waals surface area contributed by atoms with Crippen LogP contribution in [0, 0.1) is 0 Å². The van der Waals surface area contributed by atoms with Crippen LogP contribution in [0.5, 0.6) is 11.5 Å². The van der Waals surface area contributed by atoms with Gasteiger partial charge in [0.05, 0.1) is 7.11 Å². The van der Waals surface area contributed by atoms with Crippen LogP contribution >= 0.6 is 0 Å². The molecule has 2 aromatic carbocycles. The molecule has 1 atom stereocenters.